The molecule has 0 aliphatic heterocycles. The van der Waals surface area contributed by atoms with Gasteiger partial charge < -0.3 is 14.6 Å². The highest BCUT2D eigenvalue weighted by molar-refractivity contribution is 4.98. The van der Waals surface area contributed by atoms with Gasteiger partial charge in [-0.3, -0.25) is 0 Å². The maximum Gasteiger partial charge on any atom is 0.240 e. The summed E-state index contributed by atoms with van der Waals surface area (Å²) in [5, 5.41) is 7.06. The van der Waals surface area contributed by atoms with Crippen LogP contribution in [0, 0.1) is 0 Å². The zero-order valence-electron chi connectivity index (χ0n) is 9.83. The van der Waals surface area contributed by atoms with E-state index in [1.54, 1.807) is 7.11 Å². The molecule has 0 amide bonds. The summed E-state index contributed by atoms with van der Waals surface area (Å²) >= 11 is 0. The molecule has 1 atom stereocenters. The fraction of sp³-hybridized carbons (Fsp3) is 0.800. The minimum atomic E-state index is -0.450. The lowest BCUT2D eigenvalue weighted by atomic mass is 10.0. The lowest BCUT2D eigenvalue weighted by molar-refractivity contribution is -0.0106. The van der Waals surface area contributed by atoms with Gasteiger partial charge in [-0.25, -0.2) is 0 Å². The van der Waals surface area contributed by atoms with Crippen molar-refractivity contribution in [2.24, 2.45) is 0 Å². The lowest BCUT2D eigenvalue weighted by Crippen LogP contribution is -2.25. The van der Waals surface area contributed by atoms with Crippen LogP contribution in [0.4, 0.5) is 0 Å². The van der Waals surface area contributed by atoms with Crippen LogP contribution < -0.4 is 5.32 Å². The zero-order valence-corrected chi connectivity index (χ0v) is 9.83. The van der Waals surface area contributed by atoms with Crippen molar-refractivity contribution >= 4 is 0 Å². The van der Waals surface area contributed by atoms with Crippen molar-refractivity contribution in [3.8, 4) is 0 Å². The minimum absolute atomic E-state index is 0.450. The summed E-state index contributed by atoms with van der Waals surface area (Å²) in [5.74, 6) is 1.21. The highest BCUT2D eigenvalue weighted by Crippen LogP contribution is 2.25. The van der Waals surface area contributed by atoms with Gasteiger partial charge in [-0.1, -0.05) is 19.0 Å². The van der Waals surface area contributed by atoms with E-state index in [0.717, 1.165) is 13.0 Å². The summed E-state index contributed by atoms with van der Waals surface area (Å²) in [4.78, 5) is 4.30. The summed E-state index contributed by atoms with van der Waals surface area (Å²) in [6.07, 6.45) is 0.809. The van der Waals surface area contributed by atoms with Crippen LogP contribution >= 0.6 is 0 Å². The normalized spacial score (nSPS) is 15.2. The van der Waals surface area contributed by atoms with E-state index in [0.29, 0.717) is 18.3 Å². The Labute approximate surface area is 90.2 Å². The van der Waals surface area contributed by atoms with Gasteiger partial charge in [-0.05, 0) is 19.9 Å². The Morgan fingerprint density at radius 1 is 1.47 bits per heavy atom. The SMILES string of the molecule is CCNCc1nc(C(C)(CC)OC)no1. The third-order valence-electron chi connectivity index (χ3n) is 2.59. The molecule has 5 nitrogen and oxygen atoms in total. The molecule has 1 aromatic heterocycles. The van der Waals surface area contributed by atoms with Crippen LogP contribution in [0.15, 0.2) is 4.52 Å². The van der Waals surface area contributed by atoms with Crippen molar-refractivity contribution < 1.29 is 9.26 Å². The third-order valence-corrected chi connectivity index (χ3v) is 2.59. The number of hydrogen-bond donors (Lipinski definition) is 1. The first kappa shape index (κ1) is 12.1. The first-order valence-corrected chi connectivity index (χ1v) is 5.25. The molecule has 0 spiro atoms. The van der Waals surface area contributed by atoms with Crippen LogP contribution in [0.25, 0.3) is 0 Å². The van der Waals surface area contributed by atoms with E-state index in [4.69, 9.17) is 9.26 Å². The van der Waals surface area contributed by atoms with E-state index in [-0.39, 0.29) is 0 Å². The minimum Gasteiger partial charge on any atom is -0.370 e. The molecule has 86 valence electrons. The third kappa shape index (κ3) is 2.76. The smallest absolute Gasteiger partial charge is 0.240 e. The van der Waals surface area contributed by atoms with Crippen LogP contribution in [0.2, 0.25) is 0 Å². The Bertz CT molecular complexity index is 295. The second kappa shape index (κ2) is 5.23. The van der Waals surface area contributed by atoms with Gasteiger partial charge in [0.1, 0.15) is 5.60 Å². The lowest BCUT2D eigenvalue weighted by Gasteiger charge is -2.21. The summed E-state index contributed by atoms with van der Waals surface area (Å²) < 4.78 is 10.5. The van der Waals surface area contributed by atoms with Gasteiger partial charge in [0.25, 0.3) is 0 Å². The number of nitrogens with zero attached hydrogens (tertiary/aromatic N) is 2. The molecule has 1 unspecified atom stereocenters. The van der Waals surface area contributed by atoms with Gasteiger partial charge in [0, 0.05) is 7.11 Å². The molecular formula is C10H19N3O2. The summed E-state index contributed by atoms with van der Waals surface area (Å²) in [7, 11) is 1.66. The molecular weight excluding hydrogens is 194 g/mol. The number of ether oxygens (including phenoxy) is 1. The Kier molecular flexibility index (Phi) is 4.23. The fourth-order valence-corrected chi connectivity index (χ4v) is 1.17. The van der Waals surface area contributed by atoms with Gasteiger partial charge in [0.2, 0.25) is 11.7 Å². The molecule has 1 heterocycles. The molecule has 15 heavy (non-hydrogen) atoms. The molecule has 0 bridgehead atoms. The van der Waals surface area contributed by atoms with Crippen molar-refractivity contribution in [1.82, 2.24) is 15.5 Å². The standard InChI is InChI=1S/C10H19N3O2/c1-5-10(3,14-4)9-12-8(15-13-9)7-11-6-2/h11H,5-7H2,1-4H3. The predicted octanol–water partition coefficient (Wildman–Crippen LogP) is 1.45. The van der Waals surface area contributed by atoms with Crippen LogP contribution in [0.3, 0.4) is 0 Å². The highest BCUT2D eigenvalue weighted by Gasteiger charge is 2.29. The van der Waals surface area contributed by atoms with Gasteiger partial charge in [0.15, 0.2) is 0 Å². The number of methoxy groups -OCH3 is 1. The van der Waals surface area contributed by atoms with E-state index < -0.39 is 5.60 Å². The van der Waals surface area contributed by atoms with Crippen molar-refractivity contribution in [3.05, 3.63) is 11.7 Å². The maximum atomic E-state index is 5.39. The van der Waals surface area contributed by atoms with Gasteiger partial charge >= 0.3 is 0 Å². The van der Waals surface area contributed by atoms with Crippen LogP contribution in [-0.2, 0) is 16.9 Å². The van der Waals surface area contributed by atoms with E-state index >= 15 is 0 Å². The zero-order chi connectivity index (χ0) is 11.3. The average molecular weight is 213 g/mol. The van der Waals surface area contributed by atoms with E-state index in [9.17, 15) is 0 Å². The number of nitrogens with one attached hydrogen (secondary N) is 1. The summed E-state index contributed by atoms with van der Waals surface area (Å²) in [6.45, 7) is 7.50. The Balaban J connectivity index is 2.74. The van der Waals surface area contributed by atoms with Crippen LogP contribution in [0.5, 0.6) is 0 Å². The van der Waals surface area contributed by atoms with Crippen molar-refractivity contribution in [3.63, 3.8) is 0 Å². The Hall–Kier alpha value is -0.940. The highest BCUT2D eigenvalue weighted by atomic mass is 16.5. The fourth-order valence-electron chi connectivity index (χ4n) is 1.17. The van der Waals surface area contributed by atoms with Crippen molar-refractivity contribution in [1.29, 1.82) is 0 Å². The van der Waals surface area contributed by atoms with Gasteiger partial charge in [-0.15, -0.1) is 0 Å². The van der Waals surface area contributed by atoms with E-state index in [2.05, 4.69) is 15.5 Å². The first-order valence-electron chi connectivity index (χ1n) is 5.25. The predicted molar refractivity (Wildman–Crippen MR) is 56.3 cm³/mol. The Morgan fingerprint density at radius 3 is 2.73 bits per heavy atom. The molecule has 1 rings (SSSR count). The molecule has 0 radical (unpaired) electrons. The molecule has 0 saturated carbocycles. The number of aromatic nitrogens is 2. The van der Waals surface area contributed by atoms with Crippen molar-refractivity contribution in [2.45, 2.75) is 39.3 Å². The van der Waals surface area contributed by atoms with E-state index in [1.807, 2.05) is 20.8 Å². The molecule has 0 saturated heterocycles. The van der Waals surface area contributed by atoms with Gasteiger partial charge in [-0.2, -0.15) is 4.98 Å². The topological polar surface area (TPSA) is 60.2 Å². The number of hydrogen-bond acceptors (Lipinski definition) is 5. The quantitative estimate of drug-likeness (QED) is 0.775. The average Bonchev–Trinajstić information content (AvgIpc) is 2.74. The molecule has 1 N–H and O–H groups in total. The van der Waals surface area contributed by atoms with Crippen molar-refractivity contribution in [2.75, 3.05) is 13.7 Å². The molecule has 1 aromatic rings. The molecule has 0 aliphatic carbocycles. The summed E-state index contributed by atoms with van der Waals surface area (Å²) in [5.41, 5.74) is -0.450. The van der Waals surface area contributed by atoms with Gasteiger partial charge in [0.05, 0.1) is 6.54 Å². The molecule has 5 heteroatoms. The van der Waals surface area contributed by atoms with Crippen LogP contribution in [0.1, 0.15) is 38.9 Å². The molecule has 0 aromatic carbocycles. The van der Waals surface area contributed by atoms with Crippen LogP contribution in [-0.4, -0.2) is 23.8 Å². The molecule has 0 fully saturated rings. The second-order valence-electron chi connectivity index (χ2n) is 3.58. The second-order valence-corrected chi connectivity index (χ2v) is 3.58. The molecule has 0 aliphatic rings. The number of rotatable bonds is 6. The first-order chi connectivity index (χ1) is 7.16. The Morgan fingerprint density at radius 2 is 2.20 bits per heavy atom. The largest absolute Gasteiger partial charge is 0.370 e. The summed E-state index contributed by atoms with van der Waals surface area (Å²) in [6, 6.07) is 0. The monoisotopic (exact) mass is 213 g/mol. The maximum absolute atomic E-state index is 5.39. The van der Waals surface area contributed by atoms with E-state index in [1.165, 1.54) is 0 Å².